The molecule has 0 radical (unpaired) electrons. The van der Waals surface area contributed by atoms with E-state index in [1.807, 2.05) is 31.2 Å². The summed E-state index contributed by atoms with van der Waals surface area (Å²) in [5.41, 5.74) is 1.97. The number of ether oxygens (including phenoxy) is 1. The van der Waals surface area contributed by atoms with E-state index in [-0.39, 0.29) is 29.2 Å². The van der Waals surface area contributed by atoms with Crippen LogP contribution in [-0.4, -0.2) is 40.9 Å². The SMILES string of the molecule is CC(C(=O)Cc1ccc(Cl)cc1)N1CC2(CC(Oc3ccnc4ccc(F)cc34)C2)C1. The molecule has 2 fully saturated rings. The molecule has 1 aromatic heterocycles. The number of halogens is 2. The normalized spacial score (nSPS) is 19.1. The lowest BCUT2D eigenvalue weighted by atomic mass is 9.61. The van der Waals surface area contributed by atoms with E-state index in [2.05, 4.69) is 9.88 Å². The predicted molar refractivity (Wildman–Crippen MR) is 119 cm³/mol. The van der Waals surface area contributed by atoms with Crippen LogP contribution in [0.1, 0.15) is 25.3 Å². The van der Waals surface area contributed by atoms with E-state index in [0.717, 1.165) is 37.0 Å². The lowest BCUT2D eigenvalue weighted by Gasteiger charge is -2.60. The fourth-order valence-corrected chi connectivity index (χ4v) is 4.99. The van der Waals surface area contributed by atoms with Crippen molar-refractivity contribution in [3.63, 3.8) is 0 Å². The molecule has 4 nitrogen and oxygen atoms in total. The molecular weight excluding hydrogens is 415 g/mol. The summed E-state index contributed by atoms with van der Waals surface area (Å²) in [4.78, 5) is 19.2. The van der Waals surface area contributed by atoms with Crippen molar-refractivity contribution in [3.8, 4) is 5.75 Å². The Balaban J connectivity index is 1.14. The molecule has 2 heterocycles. The van der Waals surface area contributed by atoms with Crippen molar-refractivity contribution in [3.05, 3.63) is 71.1 Å². The highest BCUT2D eigenvalue weighted by Gasteiger charge is 2.54. The number of aromatic nitrogens is 1. The van der Waals surface area contributed by atoms with Crippen LogP contribution in [0.4, 0.5) is 4.39 Å². The molecule has 1 unspecified atom stereocenters. The molecular formula is C25H24ClFN2O2. The highest BCUT2D eigenvalue weighted by molar-refractivity contribution is 6.30. The maximum Gasteiger partial charge on any atom is 0.154 e. The van der Waals surface area contributed by atoms with Gasteiger partial charge >= 0.3 is 0 Å². The van der Waals surface area contributed by atoms with Gasteiger partial charge in [0, 0.05) is 41.5 Å². The van der Waals surface area contributed by atoms with Gasteiger partial charge in [-0.1, -0.05) is 23.7 Å². The molecule has 1 aliphatic heterocycles. The van der Waals surface area contributed by atoms with Crippen LogP contribution in [-0.2, 0) is 11.2 Å². The third-order valence-corrected chi connectivity index (χ3v) is 6.91. The van der Waals surface area contributed by atoms with Gasteiger partial charge in [0.2, 0.25) is 0 Å². The van der Waals surface area contributed by atoms with E-state index in [0.29, 0.717) is 22.6 Å². The molecule has 0 N–H and O–H groups in total. The number of likely N-dealkylation sites (tertiary alicyclic amines) is 1. The molecule has 31 heavy (non-hydrogen) atoms. The molecule has 1 aliphatic carbocycles. The van der Waals surface area contributed by atoms with Crippen LogP contribution in [0.25, 0.3) is 10.9 Å². The Labute approximate surface area is 186 Å². The minimum absolute atomic E-state index is 0.0895. The highest BCUT2D eigenvalue weighted by Crippen LogP contribution is 2.50. The van der Waals surface area contributed by atoms with Crippen molar-refractivity contribution in [2.45, 2.75) is 38.3 Å². The molecule has 6 heteroatoms. The quantitative estimate of drug-likeness (QED) is 0.538. The van der Waals surface area contributed by atoms with Crippen LogP contribution < -0.4 is 4.74 Å². The van der Waals surface area contributed by atoms with Crippen molar-refractivity contribution in [2.75, 3.05) is 13.1 Å². The van der Waals surface area contributed by atoms with Gasteiger partial charge in [0.15, 0.2) is 5.78 Å². The smallest absolute Gasteiger partial charge is 0.154 e. The highest BCUT2D eigenvalue weighted by atomic mass is 35.5. The van der Waals surface area contributed by atoms with Crippen molar-refractivity contribution >= 4 is 28.3 Å². The van der Waals surface area contributed by atoms with E-state index < -0.39 is 0 Å². The summed E-state index contributed by atoms with van der Waals surface area (Å²) in [5.74, 6) is 0.629. The third kappa shape index (κ3) is 4.04. The number of rotatable bonds is 6. The van der Waals surface area contributed by atoms with Gasteiger partial charge in [-0.2, -0.15) is 0 Å². The van der Waals surface area contributed by atoms with Crippen LogP contribution >= 0.6 is 11.6 Å². The maximum absolute atomic E-state index is 13.7. The Morgan fingerprint density at radius 2 is 1.97 bits per heavy atom. The van der Waals surface area contributed by atoms with Gasteiger partial charge in [-0.25, -0.2) is 4.39 Å². The summed E-state index contributed by atoms with van der Waals surface area (Å²) in [6.45, 7) is 3.84. The predicted octanol–water partition coefficient (Wildman–Crippen LogP) is 5.07. The van der Waals surface area contributed by atoms with Gasteiger partial charge < -0.3 is 4.74 Å². The average Bonchev–Trinajstić information content (AvgIpc) is 2.70. The number of carbonyl (C=O) groups excluding carboxylic acids is 1. The largest absolute Gasteiger partial charge is 0.490 e. The minimum Gasteiger partial charge on any atom is -0.490 e. The lowest BCUT2D eigenvalue weighted by Crippen LogP contribution is -2.67. The number of Topliss-reactive ketones (excluding diaryl/α,β-unsaturated/α-hetero) is 1. The fourth-order valence-electron chi connectivity index (χ4n) is 4.87. The summed E-state index contributed by atoms with van der Waals surface area (Å²) < 4.78 is 19.8. The Bertz CT molecular complexity index is 1120. The first kappa shape index (κ1) is 20.4. The standard InChI is InChI=1S/C25H24ClFN2O2/c1-16(23(30)10-17-2-4-18(26)5-3-17)29-14-25(15-29)12-20(13-25)31-24-8-9-28-22-7-6-19(27)11-21(22)24/h2-9,11,16,20H,10,12-15H2,1H3. The summed E-state index contributed by atoms with van der Waals surface area (Å²) in [7, 11) is 0. The lowest BCUT2D eigenvalue weighted by molar-refractivity contribution is -0.147. The number of benzene rings is 2. The first-order valence-electron chi connectivity index (χ1n) is 10.6. The summed E-state index contributed by atoms with van der Waals surface area (Å²) >= 11 is 5.92. The van der Waals surface area contributed by atoms with Gasteiger partial charge in [-0.15, -0.1) is 0 Å². The molecule has 160 valence electrons. The average molecular weight is 439 g/mol. The van der Waals surface area contributed by atoms with Gasteiger partial charge in [-0.05, 0) is 61.7 Å². The monoisotopic (exact) mass is 438 g/mol. The second kappa shape index (κ2) is 7.88. The maximum atomic E-state index is 13.7. The Hall–Kier alpha value is -2.50. The van der Waals surface area contributed by atoms with E-state index in [1.54, 1.807) is 18.3 Å². The molecule has 1 spiro atoms. The summed E-state index contributed by atoms with van der Waals surface area (Å²) in [5, 5.41) is 1.39. The van der Waals surface area contributed by atoms with E-state index in [4.69, 9.17) is 16.3 Å². The topological polar surface area (TPSA) is 42.4 Å². The van der Waals surface area contributed by atoms with Gasteiger partial charge in [-0.3, -0.25) is 14.7 Å². The first-order chi connectivity index (χ1) is 14.9. The molecule has 5 rings (SSSR count). The number of ketones is 1. The number of pyridine rings is 1. The molecule has 1 saturated carbocycles. The second-order valence-electron chi connectivity index (χ2n) is 8.97. The van der Waals surface area contributed by atoms with E-state index >= 15 is 0 Å². The van der Waals surface area contributed by atoms with Gasteiger partial charge in [0.05, 0.1) is 17.7 Å². The van der Waals surface area contributed by atoms with E-state index in [9.17, 15) is 9.18 Å². The summed E-state index contributed by atoms with van der Waals surface area (Å²) in [6, 6.07) is 13.7. The minimum atomic E-state index is -0.290. The van der Waals surface area contributed by atoms with E-state index in [1.165, 1.54) is 12.1 Å². The van der Waals surface area contributed by atoms with Crippen molar-refractivity contribution in [2.24, 2.45) is 5.41 Å². The summed E-state index contributed by atoms with van der Waals surface area (Å²) in [6.07, 6.45) is 4.17. The van der Waals surface area contributed by atoms with Crippen LogP contribution in [0, 0.1) is 11.2 Å². The molecule has 1 atom stereocenters. The zero-order chi connectivity index (χ0) is 21.6. The molecule has 0 amide bonds. The van der Waals surface area contributed by atoms with Gasteiger partial charge in [0.1, 0.15) is 11.6 Å². The molecule has 3 aromatic rings. The van der Waals surface area contributed by atoms with Gasteiger partial charge in [0.25, 0.3) is 0 Å². The van der Waals surface area contributed by atoms with Crippen molar-refractivity contribution in [1.29, 1.82) is 0 Å². The van der Waals surface area contributed by atoms with Crippen molar-refractivity contribution < 1.29 is 13.9 Å². The Kier molecular flexibility index (Phi) is 5.19. The fraction of sp³-hybridized carbons (Fsp3) is 0.360. The van der Waals surface area contributed by atoms with Crippen LogP contribution in [0.5, 0.6) is 5.75 Å². The number of hydrogen-bond donors (Lipinski definition) is 0. The zero-order valence-electron chi connectivity index (χ0n) is 17.4. The molecule has 2 aliphatic rings. The number of nitrogens with zero attached hydrogens (tertiary/aromatic N) is 2. The molecule has 1 saturated heterocycles. The molecule has 0 bridgehead atoms. The van der Waals surface area contributed by atoms with Crippen LogP contribution in [0.3, 0.4) is 0 Å². The van der Waals surface area contributed by atoms with Crippen molar-refractivity contribution in [1.82, 2.24) is 9.88 Å². The van der Waals surface area contributed by atoms with Crippen LogP contribution in [0.15, 0.2) is 54.7 Å². The van der Waals surface area contributed by atoms with Crippen LogP contribution in [0.2, 0.25) is 5.02 Å². The molecule has 2 aromatic carbocycles. The first-order valence-corrected chi connectivity index (χ1v) is 11.0. The Morgan fingerprint density at radius 3 is 2.71 bits per heavy atom. The second-order valence-corrected chi connectivity index (χ2v) is 9.41. The zero-order valence-corrected chi connectivity index (χ0v) is 18.1. The third-order valence-electron chi connectivity index (χ3n) is 6.66. The number of carbonyl (C=O) groups is 1. The number of hydrogen-bond acceptors (Lipinski definition) is 4. The Morgan fingerprint density at radius 1 is 1.23 bits per heavy atom. The number of fused-ring (bicyclic) bond motifs is 1.